The van der Waals surface area contributed by atoms with E-state index in [-0.39, 0.29) is 35.2 Å². The summed E-state index contributed by atoms with van der Waals surface area (Å²) in [6.45, 7) is -3.89. The lowest BCUT2D eigenvalue weighted by molar-refractivity contribution is -0.160. The fraction of sp³-hybridized carbons (Fsp3) is 0.348. The lowest BCUT2D eigenvalue weighted by Gasteiger charge is -2.22. The number of nitrogens with zero attached hydrogens (tertiary/aromatic N) is 1. The van der Waals surface area contributed by atoms with E-state index < -0.39 is 49.0 Å². The van der Waals surface area contributed by atoms with Crippen molar-refractivity contribution < 1.29 is 41.4 Å². The van der Waals surface area contributed by atoms with Gasteiger partial charge in [-0.25, -0.2) is 4.79 Å². The van der Waals surface area contributed by atoms with Crippen LogP contribution in [0.25, 0.3) is 11.1 Å². The number of rotatable bonds is 6. The first-order valence-electron chi connectivity index (χ1n) is 10.3. The number of nitrogens with one attached hydrogen (secondary N) is 1. The molecular weight excluding hydrogens is 460 g/mol. The van der Waals surface area contributed by atoms with Gasteiger partial charge in [-0.2, -0.15) is 17.6 Å². The third-order valence-electron chi connectivity index (χ3n) is 5.93. The van der Waals surface area contributed by atoms with Crippen molar-refractivity contribution in [2.75, 3.05) is 20.2 Å². The first-order valence-corrected chi connectivity index (χ1v) is 10.3. The molecule has 1 N–H and O–H groups in total. The molecule has 1 unspecified atom stereocenters. The van der Waals surface area contributed by atoms with E-state index >= 15 is 0 Å². The summed E-state index contributed by atoms with van der Waals surface area (Å²) in [6.07, 6.45) is -1.24. The Hall–Kier alpha value is -3.47. The van der Waals surface area contributed by atoms with Crippen LogP contribution in [0.2, 0.25) is 0 Å². The maximum Gasteiger partial charge on any atom is 0.345 e. The molecule has 11 heteroatoms. The van der Waals surface area contributed by atoms with Gasteiger partial charge in [-0.3, -0.25) is 9.59 Å². The normalized spacial score (nSPS) is 20.1. The van der Waals surface area contributed by atoms with Crippen LogP contribution in [0.3, 0.4) is 0 Å². The SMILES string of the molecule is COC(=O)[C@@H]1CC(OC(F)F)CN1C(=O)CNC(=O)c1ccc2c(c1)-c1ccccc1C2(F)F. The van der Waals surface area contributed by atoms with E-state index in [2.05, 4.69) is 14.8 Å². The lowest BCUT2D eigenvalue weighted by Crippen LogP contribution is -2.46. The monoisotopic (exact) mass is 480 g/mol. The molecule has 7 nitrogen and oxygen atoms in total. The van der Waals surface area contributed by atoms with Crippen molar-refractivity contribution in [3.05, 3.63) is 59.2 Å². The minimum absolute atomic E-state index is 0.0592. The zero-order chi connectivity index (χ0) is 24.6. The van der Waals surface area contributed by atoms with Crippen LogP contribution in [0.4, 0.5) is 17.6 Å². The molecule has 1 heterocycles. The van der Waals surface area contributed by atoms with E-state index in [4.69, 9.17) is 0 Å². The summed E-state index contributed by atoms with van der Waals surface area (Å²) in [5, 5.41) is 2.39. The van der Waals surface area contributed by atoms with Crippen LogP contribution in [0.5, 0.6) is 0 Å². The Kier molecular flexibility index (Phi) is 6.30. The fourth-order valence-electron chi connectivity index (χ4n) is 4.36. The highest BCUT2D eigenvalue weighted by Crippen LogP contribution is 2.50. The standard InChI is InChI=1S/C23H20F4N2O5/c1-33-21(32)18-9-13(34-22(24)25)11-29(18)19(30)10-28-20(31)12-6-7-17-15(8-12)14-4-2-3-5-16(14)23(17,26)27/h2-8,13,18,22H,9-11H2,1H3,(H,28,31)/t13?,18-/m0/s1. The van der Waals surface area contributed by atoms with Gasteiger partial charge >= 0.3 is 12.6 Å². The predicted molar refractivity (Wildman–Crippen MR) is 110 cm³/mol. The molecule has 1 aliphatic heterocycles. The number of amides is 2. The molecule has 2 amide bonds. The molecule has 1 aliphatic carbocycles. The number of alkyl halides is 4. The number of ether oxygens (including phenoxy) is 2. The van der Waals surface area contributed by atoms with Gasteiger partial charge in [0.1, 0.15) is 6.04 Å². The van der Waals surface area contributed by atoms with Crippen molar-refractivity contribution in [1.82, 2.24) is 10.2 Å². The number of carbonyl (C=O) groups is 3. The minimum Gasteiger partial charge on any atom is -0.467 e. The van der Waals surface area contributed by atoms with Gasteiger partial charge in [-0.05, 0) is 23.3 Å². The topological polar surface area (TPSA) is 84.9 Å². The number of esters is 1. The summed E-state index contributed by atoms with van der Waals surface area (Å²) >= 11 is 0. The van der Waals surface area contributed by atoms with Crippen molar-refractivity contribution in [3.63, 3.8) is 0 Å². The first-order chi connectivity index (χ1) is 16.1. The summed E-state index contributed by atoms with van der Waals surface area (Å²) in [4.78, 5) is 38.3. The molecule has 2 aromatic rings. The third-order valence-corrected chi connectivity index (χ3v) is 5.93. The van der Waals surface area contributed by atoms with Crippen molar-refractivity contribution in [1.29, 1.82) is 0 Å². The molecular formula is C23H20F4N2O5. The molecule has 0 radical (unpaired) electrons. The zero-order valence-electron chi connectivity index (χ0n) is 17.9. The number of likely N-dealkylation sites (tertiary alicyclic amines) is 1. The second kappa shape index (κ2) is 9.05. The maximum atomic E-state index is 14.7. The van der Waals surface area contributed by atoms with Gasteiger partial charge in [0.15, 0.2) is 0 Å². The molecule has 1 saturated heterocycles. The van der Waals surface area contributed by atoms with Crippen LogP contribution >= 0.6 is 0 Å². The second-order valence-electron chi connectivity index (χ2n) is 7.90. The van der Waals surface area contributed by atoms with E-state index in [0.29, 0.717) is 5.56 Å². The largest absolute Gasteiger partial charge is 0.467 e. The Morgan fingerprint density at radius 1 is 1.12 bits per heavy atom. The number of benzene rings is 2. The van der Waals surface area contributed by atoms with E-state index in [1.54, 1.807) is 12.1 Å². The Morgan fingerprint density at radius 3 is 2.53 bits per heavy atom. The van der Waals surface area contributed by atoms with Gasteiger partial charge in [-0.1, -0.05) is 30.3 Å². The summed E-state index contributed by atoms with van der Waals surface area (Å²) in [7, 11) is 1.10. The number of methoxy groups -OCH3 is 1. The van der Waals surface area contributed by atoms with Crippen LogP contribution in [0.1, 0.15) is 27.9 Å². The maximum absolute atomic E-state index is 14.7. The van der Waals surface area contributed by atoms with Crippen molar-refractivity contribution in [3.8, 4) is 11.1 Å². The van der Waals surface area contributed by atoms with Gasteiger partial charge in [-0.15, -0.1) is 0 Å². The number of halogens is 4. The Morgan fingerprint density at radius 2 is 1.82 bits per heavy atom. The Labute approximate surface area is 191 Å². The Bertz CT molecular complexity index is 1140. The molecule has 0 aromatic heterocycles. The van der Waals surface area contributed by atoms with Crippen molar-refractivity contribution in [2.45, 2.75) is 31.1 Å². The highest BCUT2D eigenvalue weighted by atomic mass is 19.3. The fourth-order valence-corrected chi connectivity index (χ4v) is 4.36. The van der Waals surface area contributed by atoms with Gasteiger partial charge in [0, 0.05) is 29.7 Å². The number of hydrogen-bond donors (Lipinski definition) is 1. The molecule has 2 aliphatic rings. The lowest BCUT2D eigenvalue weighted by atomic mass is 10.0. The van der Waals surface area contributed by atoms with Crippen LogP contribution in [0, 0.1) is 0 Å². The molecule has 34 heavy (non-hydrogen) atoms. The Balaban J connectivity index is 1.46. The number of hydrogen-bond acceptors (Lipinski definition) is 5. The second-order valence-corrected chi connectivity index (χ2v) is 7.90. The summed E-state index contributed by atoms with van der Waals surface area (Å²) in [5.74, 6) is -5.38. The molecule has 2 atom stereocenters. The highest BCUT2D eigenvalue weighted by molar-refractivity contribution is 5.99. The zero-order valence-corrected chi connectivity index (χ0v) is 17.9. The van der Waals surface area contributed by atoms with E-state index in [0.717, 1.165) is 12.0 Å². The smallest absolute Gasteiger partial charge is 0.345 e. The molecule has 0 bridgehead atoms. The van der Waals surface area contributed by atoms with E-state index in [1.807, 2.05) is 0 Å². The average Bonchev–Trinajstić information content (AvgIpc) is 3.33. The molecule has 0 saturated carbocycles. The minimum atomic E-state index is -3.19. The van der Waals surface area contributed by atoms with Crippen LogP contribution in [-0.2, 0) is 25.0 Å². The number of carbonyl (C=O) groups excluding carboxylic acids is 3. The molecule has 0 spiro atoms. The quantitative estimate of drug-likeness (QED) is 0.508. The van der Waals surface area contributed by atoms with Gasteiger partial charge < -0.3 is 19.7 Å². The molecule has 2 aromatic carbocycles. The molecule has 180 valence electrons. The average molecular weight is 480 g/mol. The summed E-state index contributed by atoms with van der Waals surface area (Å²) < 4.78 is 63.5. The summed E-state index contributed by atoms with van der Waals surface area (Å²) in [6, 6.07) is 8.60. The van der Waals surface area contributed by atoms with Crippen LogP contribution in [0.15, 0.2) is 42.5 Å². The van der Waals surface area contributed by atoms with Crippen molar-refractivity contribution >= 4 is 17.8 Å². The van der Waals surface area contributed by atoms with Gasteiger partial charge in [0.05, 0.1) is 19.8 Å². The van der Waals surface area contributed by atoms with Gasteiger partial charge in [0.25, 0.3) is 11.8 Å². The summed E-state index contributed by atoms with van der Waals surface area (Å²) in [5.41, 5.74) is 0.225. The van der Waals surface area contributed by atoms with Crippen molar-refractivity contribution in [2.24, 2.45) is 0 Å². The third kappa shape index (κ3) is 4.23. The first kappa shape index (κ1) is 23.7. The highest BCUT2D eigenvalue weighted by Gasteiger charge is 2.44. The number of fused-ring (bicyclic) bond motifs is 3. The van der Waals surface area contributed by atoms with Gasteiger partial charge in [0.2, 0.25) is 5.91 Å². The van der Waals surface area contributed by atoms with E-state index in [1.165, 1.54) is 30.3 Å². The van der Waals surface area contributed by atoms with Crippen LogP contribution < -0.4 is 5.32 Å². The van der Waals surface area contributed by atoms with E-state index in [9.17, 15) is 31.9 Å². The predicted octanol–water partition coefficient (Wildman–Crippen LogP) is 2.92. The molecule has 1 fully saturated rings. The molecule has 4 rings (SSSR count). The van der Waals surface area contributed by atoms with Crippen LogP contribution in [-0.4, -0.2) is 61.6 Å².